The lowest BCUT2D eigenvalue weighted by molar-refractivity contribution is 0.921. The summed E-state index contributed by atoms with van der Waals surface area (Å²) in [5.74, 6) is 4.90. The average molecular weight is 99.1 g/mol. The summed E-state index contributed by atoms with van der Waals surface area (Å²) in [5, 5.41) is 0. The van der Waals surface area contributed by atoms with Crippen LogP contribution in [-0.4, -0.2) is 0 Å². The van der Waals surface area contributed by atoms with Crippen molar-refractivity contribution in [1.29, 1.82) is 0 Å². The van der Waals surface area contributed by atoms with Gasteiger partial charge in [0.2, 0.25) is 0 Å². The monoisotopic (exact) mass is 99.1 g/mol. The van der Waals surface area contributed by atoms with Gasteiger partial charge in [-0.3, -0.25) is 5.84 Å². The number of hydrazine groups is 1. The molecule has 0 aliphatic carbocycles. The van der Waals surface area contributed by atoms with Gasteiger partial charge in [-0.05, 0) is 12.3 Å². The maximum absolute atomic E-state index is 4.97. The van der Waals surface area contributed by atoms with Gasteiger partial charge in [-0.25, -0.2) is 0 Å². The number of allylic oxidation sites excluding steroid dienone is 1. The van der Waals surface area contributed by atoms with E-state index in [-0.39, 0.29) is 0 Å². The van der Waals surface area contributed by atoms with Crippen molar-refractivity contribution in [2.24, 2.45) is 11.6 Å². The van der Waals surface area contributed by atoms with Gasteiger partial charge in [0.25, 0.3) is 0 Å². The molecule has 0 aliphatic heterocycles. The SMILES string of the molecule is C=C(/C=C\N)NN. The van der Waals surface area contributed by atoms with Crippen LogP contribution in [-0.2, 0) is 0 Å². The predicted molar refractivity (Wildman–Crippen MR) is 29.8 cm³/mol. The smallest absolute Gasteiger partial charge is 0.0427 e. The molecule has 0 bridgehead atoms. The molecule has 3 nitrogen and oxygen atoms in total. The summed E-state index contributed by atoms with van der Waals surface area (Å²) in [6, 6.07) is 0. The number of rotatable bonds is 2. The zero-order chi connectivity index (χ0) is 5.70. The van der Waals surface area contributed by atoms with Crippen LogP contribution < -0.4 is 17.0 Å². The van der Waals surface area contributed by atoms with Crippen LogP contribution in [0.4, 0.5) is 0 Å². The van der Waals surface area contributed by atoms with Crippen LogP contribution in [0.1, 0.15) is 0 Å². The van der Waals surface area contributed by atoms with Crippen molar-refractivity contribution in [3.63, 3.8) is 0 Å². The van der Waals surface area contributed by atoms with Crippen LogP contribution in [0.25, 0.3) is 0 Å². The first-order valence-corrected chi connectivity index (χ1v) is 1.85. The summed E-state index contributed by atoms with van der Waals surface area (Å²) in [7, 11) is 0. The Balaban J connectivity index is 3.37. The number of nitrogens with two attached hydrogens (primary N) is 2. The molecule has 0 fully saturated rings. The molecule has 5 N–H and O–H groups in total. The topological polar surface area (TPSA) is 64.1 Å². The van der Waals surface area contributed by atoms with E-state index in [9.17, 15) is 0 Å². The van der Waals surface area contributed by atoms with Gasteiger partial charge >= 0.3 is 0 Å². The number of hydrogen-bond donors (Lipinski definition) is 3. The Morgan fingerprint density at radius 1 is 1.71 bits per heavy atom. The first kappa shape index (κ1) is 6.04. The molecule has 0 amide bonds. The molecule has 3 heteroatoms. The van der Waals surface area contributed by atoms with Crippen LogP contribution >= 0.6 is 0 Å². The molecule has 0 spiro atoms. The normalized spacial score (nSPS) is 9.29. The minimum absolute atomic E-state index is 0.600. The maximum atomic E-state index is 4.97. The van der Waals surface area contributed by atoms with E-state index in [4.69, 9.17) is 11.6 Å². The molecule has 0 aliphatic rings. The van der Waals surface area contributed by atoms with E-state index < -0.39 is 0 Å². The highest BCUT2D eigenvalue weighted by atomic mass is 15.2. The van der Waals surface area contributed by atoms with Gasteiger partial charge in [-0.15, -0.1) is 0 Å². The first-order valence-electron chi connectivity index (χ1n) is 1.85. The van der Waals surface area contributed by atoms with E-state index in [0.717, 1.165) is 0 Å². The van der Waals surface area contributed by atoms with Gasteiger partial charge in [-0.1, -0.05) is 6.58 Å². The molecule has 0 saturated heterocycles. The fraction of sp³-hybridized carbons (Fsp3) is 0. The molecule has 0 atom stereocenters. The molecule has 0 aromatic rings. The summed E-state index contributed by atoms with van der Waals surface area (Å²) >= 11 is 0. The molecule has 0 saturated carbocycles. The van der Waals surface area contributed by atoms with Gasteiger partial charge in [-0.2, -0.15) is 0 Å². The second-order valence-electron chi connectivity index (χ2n) is 1.03. The molecule has 0 rings (SSSR count). The Hall–Kier alpha value is -0.960. The average Bonchev–Trinajstić information content (AvgIpc) is 1.68. The van der Waals surface area contributed by atoms with Crippen LogP contribution in [0.3, 0.4) is 0 Å². The molecule has 7 heavy (non-hydrogen) atoms. The van der Waals surface area contributed by atoms with E-state index in [1.807, 2.05) is 0 Å². The molecular weight excluding hydrogens is 90.1 g/mol. The van der Waals surface area contributed by atoms with Crippen molar-refractivity contribution >= 4 is 0 Å². The fourth-order valence-electron chi connectivity index (χ4n) is 0.164. The van der Waals surface area contributed by atoms with Crippen molar-refractivity contribution in [3.8, 4) is 0 Å². The Kier molecular flexibility index (Phi) is 2.79. The predicted octanol–water partition coefficient (Wildman–Crippen LogP) is -0.564. The summed E-state index contributed by atoms with van der Waals surface area (Å²) in [5.41, 5.74) is 7.87. The van der Waals surface area contributed by atoms with Gasteiger partial charge in [0.1, 0.15) is 0 Å². The van der Waals surface area contributed by atoms with Gasteiger partial charge in [0.05, 0.1) is 0 Å². The summed E-state index contributed by atoms with van der Waals surface area (Å²) < 4.78 is 0. The molecule has 0 radical (unpaired) electrons. The van der Waals surface area contributed by atoms with Crippen LogP contribution in [0.15, 0.2) is 24.6 Å². The lowest BCUT2D eigenvalue weighted by Gasteiger charge is -1.91. The molecule has 0 heterocycles. The first-order chi connectivity index (χ1) is 3.31. The van der Waals surface area contributed by atoms with Crippen LogP contribution in [0.5, 0.6) is 0 Å². The van der Waals surface area contributed by atoms with Gasteiger partial charge < -0.3 is 11.2 Å². The van der Waals surface area contributed by atoms with Crippen molar-refractivity contribution in [3.05, 3.63) is 24.6 Å². The third kappa shape index (κ3) is 2.85. The maximum Gasteiger partial charge on any atom is 0.0427 e. The second kappa shape index (κ2) is 3.24. The Bertz CT molecular complexity index is 84.9. The molecule has 0 aromatic heterocycles. The Labute approximate surface area is 42.7 Å². The summed E-state index contributed by atoms with van der Waals surface area (Å²) in [4.78, 5) is 0. The zero-order valence-electron chi connectivity index (χ0n) is 4.02. The molecule has 0 unspecified atom stereocenters. The Morgan fingerprint density at radius 3 is 2.43 bits per heavy atom. The minimum atomic E-state index is 0.600. The fourth-order valence-corrected chi connectivity index (χ4v) is 0.164. The molecular formula is C4H9N3. The molecule has 40 valence electrons. The molecule has 0 aromatic carbocycles. The standard InChI is InChI=1S/C4H9N3/c1-4(7-6)2-3-5/h2-3,7H,1,5-6H2/b3-2-. The summed E-state index contributed by atoms with van der Waals surface area (Å²) in [6.45, 7) is 3.46. The van der Waals surface area contributed by atoms with E-state index in [1.54, 1.807) is 6.08 Å². The largest absolute Gasteiger partial charge is 0.405 e. The third-order valence-electron chi connectivity index (χ3n) is 0.483. The van der Waals surface area contributed by atoms with Gasteiger partial charge in [0.15, 0.2) is 0 Å². The highest BCUT2D eigenvalue weighted by Crippen LogP contribution is 1.77. The van der Waals surface area contributed by atoms with Crippen LogP contribution in [0.2, 0.25) is 0 Å². The van der Waals surface area contributed by atoms with E-state index >= 15 is 0 Å². The number of nitrogens with one attached hydrogen (secondary N) is 1. The van der Waals surface area contributed by atoms with Crippen molar-refractivity contribution < 1.29 is 0 Å². The van der Waals surface area contributed by atoms with E-state index in [2.05, 4.69) is 12.0 Å². The van der Waals surface area contributed by atoms with Crippen LogP contribution in [0, 0.1) is 0 Å². The van der Waals surface area contributed by atoms with Crippen molar-refractivity contribution in [2.75, 3.05) is 0 Å². The van der Waals surface area contributed by atoms with E-state index in [0.29, 0.717) is 5.70 Å². The Morgan fingerprint density at radius 2 is 2.29 bits per heavy atom. The van der Waals surface area contributed by atoms with Crippen molar-refractivity contribution in [2.45, 2.75) is 0 Å². The third-order valence-corrected chi connectivity index (χ3v) is 0.483. The zero-order valence-corrected chi connectivity index (χ0v) is 4.02. The summed E-state index contributed by atoms with van der Waals surface area (Å²) in [6.07, 6.45) is 2.93. The highest BCUT2D eigenvalue weighted by molar-refractivity contribution is 5.09. The minimum Gasteiger partial charge on any atom is -0.405 e. The van der Waals surface area contributed by atoms with E-state index in [1.165, 1.54) is 6.20 Å². The lowest BCUT2D eigenvalue weighted by Crippen LogP contribution is -2.18. The highest BCUT2D eigenvalue weighted by Gasteiger charge is 1.72. The quantitative estimate of drug-likeness (QED) is 0.247. The van der Waals surface area contributed by atoms with Gasteiger partial charge in [0, 0.05) is 5.70 Å². The lowest BCUT2D eigenvalue weighted by atomic mass is 10.5. The van der Waals surface area contributed by atoms with Crippen molar-refractivity contribution in [1.82, 2.24) is 5.43 Å². The number of hydrogen-bond acceptors (Lipinski definition) is 3. The second-order valence-corrected chi connectivity index (χ2v) is 1.03.